The molecule has 0 spiro atoms. The van der Waals surface area contributed by atoms with Crippen LogP contribution in [0.1, 0.15) is 36.5 Å². The maximum atomic E-state index is 13.7. The summed E-state index contributed by atoms with van der Waals surface area (Å²) in [6.07, 6.45) is 5.39. The lowest BCUT2D eigenvalue weighted by Crippen LogP contribution is -2.10. The Morgan fingerprint density at radius 3 is 2.70 bits per heavy atom. The Hall–Kier alpha value is -3.48. The Kier molecular flexibility index (Phi) is 5.35. The molecule has 0 saturated heterocycles. The number of aryl methyl sites for hydroxylation is 1. The van der Waals surface area contributed by atoms with Crippen LogP contribution in [0.15, 0.2) is 48.9 Å². The van der Waals surface area contributed by atoms with E-state index in [2.05, 4.69) is 29.2 Å². The van der Waals surface area contributed by atoms with Crippen molar-refractivity contribution in [3.8, 4) is 17.0 Å². The molecule has 1 aromatic carbocycles. The minimum atomic E-state index is -0.399. The van der Waals surface area contributed by atoms with E-state index in [1.165, 1.54) is 12.3 Å². The maximum absolute atomic E-state index is 13.7. The van der Waals surface area contributed by atoms with Gasteiger partial charge >= 0.3 is 0 Å². The third kappa shape index (κ3) is 3.96. The molecule has 2 N–H and O–H groups in total. The fourth-order valence-electron chi connectivity index (χ4n) is 3.42. The highest BCUT2D eigenvalue weighted by molar-refractivity contribution is 5.67. The predicted octanol–water partition coefficient (Wildman–Crippen LogP) is 4.72. The largest absolute Gasteiger partial charge is 0.508 e. The lowest BCUT2D eigenvalue weighted by atomic mass is 10.1. The molecule has 0 aliphatic heterocycles. The molecule has 0 aliphatic rings. The summed E-state index contributed by atoms with van der Waals surface area (Å²) in [5.41, 5.74) is 5.01. The van der Waals surface area contributed by atoms with Gasteiger partial charge in [-0.15, -0.1) is 0 Å². The van der Waals surface area contributed by atoms with Gasteiger partial charge in [0.15, 0.2) is 5.65 Å². The molecule has 6 nitrogen and oxygen atoms in total. The number of phenolic OH excluding ortho intramolecular Hbond substituents is 1. The third-order valence-electron chi connectivity index (χ3n) is 5.10. The van der Waals surface area contributed by atoms with E-state index in [0.717, 1.165) is 34.6 Å². The van der Waals surface area contributed by atoms with E-state index in [4.69, 9.17) is 4.98 Å². The normalized spacial score (nSPS) is 11.4. The van der Waals surface area contributed by atoms with Crippen molar-refractivity contribution in [2.24, 2.45) is 0 Å². The molecule has 0 saturated carbocycles. The second kappa shape index (κ2) is 8.10. The monoisotopic (exact) mass is 405 g/mol. The SMILES string of the molecule is Cc1cc(CCNc2cc(-c3cncc(F)c3)nc3c(C(C)C)cnn23)ccc1O. The molecule has 0 amide bonds. The molecule has 3 heterocycles. The highest BCUT2D eigenvalue weighted by Crippen LogP contribution is 2.27. The first-order valence-corrected chi connectivity index (χ1v) is 9.94. The van der Waals surface area contributed by atoms with E-state index in [1.54, 1.807) is 16.8 Å². The number of rotatable bonds is 6. The molecule has 3 aromatic heterocycles. The van der Waals surface area contributed by atoms with Crippen LogP contribution in [0.3, 0.4) is 0 Å². The van der Waals surface area contributed by atoms with Crippen LogP contribution in [0.25, 0.3) is 16.9 Å². The fraction of sp³-hybridized carbons (Fsp3) is 0.261. The Balaban J connectivity index is 1.67. The van der Waals surface area contributed by atoms with Crippen molar-refractivity contribution in [3.05, 3.63) is 71.4 Å². The zero-order chi connectivity index (χ0) is 21.3. The number of hydrogen-bond acceptors (Lipinski definition) is 5. The molecule has 0 radical (unpaired) electrons. The average Bonchev–Trinajstić information content (AvgIpc) is 3.15. The van der Waals surface area contributed by atoms with Gasteiger partial charge in [-0.05, 0) is 42.5 Å². The number of anilines is 1. The van der Waals surface area contributed by atoms with Crippen molar-refractivity contribution in [1.29, 1.82) is 0 Å². The van der Waals surface area contributed by atoms with Gasteiger partial charge in [-0.3, -0.25) is 4.98 Å². The standard InChI is InChI=1S/C23H24FN5O/c1-14(2)19-13-27-29-22(26-7-6-16-4-5-21(30)15(3)8-16)10-20(28-23(19)29)17-9-18(24)12-25-11-17/h4-5,8-14,26,30H,6-7H2,1-3H3. The highest BCUT2D eigenvalue weighted by Gasteiger charge is 2.15. The van der Waals surface area contributed by atoms with Crippen LogP contribution in [-0.4, -0.2) is 31.2 Å². The predicted molar refractivity (Wildman–Crippen MR) is 115 cm³/mol. The van der Waals surface area contributed by atoms with Crippen LogP contribution in [-0.2, 0) is 6.42 Å². The summed E-state index contributed by atoms with van der Waals surface area (Å²) in [5, 5.41) is 17.6. The molecule has 0 unspecified atom stereocenters. The summed E-state index contributed by atoms with van der Waals surface area (Å²) in [7, 11) is 0. The summed E-state index contributed by atoms with van der Waals surface area (Å²) in [6.45, 7) is 6.74. The number of halogens is 1. The summed E-state index contributed by atoms with van der Waals surface area (Å²) in [6, 6.07) is 8.91. The van der Waals surface area contributed by atoms with Crippen LogP contribution in [0.4, 0.5) is 10.2 Å². The molecular weight excluding hydrogens is 381 g/mol. The van der Waals surface area contributed by atoms with Crippen LogP contribution in [0.5, 0.6) is 5.75 Å². The van der Waals surface area contributed by atoms with E-state index >= 15 is 0 Å². The number of benzene rings is 1. The lowest BCUT2D eigenvalue weighted by molar-refractivity contribution is 0.471. The van der Waals surface area contributed by atoms with Crippen LogP contribution >= 0.6 is 0 Å². The Labute approximate surface area is 174 Å². The van der Waals surface area contributed by atoms with Crippen LogP contribution in [0.2, 0.25) is 0 Å². The van der Waals surface area contributed by atoms with Crippen molar-refractivity contribution in [3.63, 3.8) is 0 Å². The Morgan fingerprint density at radius 1 is 1.13 bits per heavy atom. The summed E-state index contributed by atoms with van der Waals surface area (Å²) in [4.78, 5) is 8.70. The summed E-state index contributed by atoms with van der Waals surface area (Å²) < 4.78 is 15.5. The zero-order valence-electron chi connectivity index (χ0n) is 17.2. The number of aromatic hydroxyl groups is 1. The second-order valence-electron chi connectivity index (χ2n) is 7.71. The highest BCUT2D eigenvalue weighted by atomic mass is 19.1. The van der Waals surface area contributed by atoms with Crippen molar-refractivity contribution >= 4 is 11.5 Å². The quantitative estimate of drug-likeness (QED) is 0.485. The number of fused-ring (bicyclic) bond motifs is 1. The van der Waals surface area contributed by atoms with E-state index in [0.29, 0.717) is 23.6 Å². The van der Waals surface area contributed by atoms with Gasteiger partial charge < -0.3 is 10.4 Å². The molecule has 0 fully saturated rings. The Morgan fingerprint density at radius 2 is 1.97 bits per heavy atom. The third-order valence-corrected chi connectivity index (χ3v) is 5.10. The number of hydrogen-bond donors (Lipinski definition) is 2. The molecule has 0 atom stereocenters. The number of phenols is 1. The number of nitrogens with zero attached hydrogens (tertiary/aromatic N) is 4. The van der Waals surface area contributed by atoms with E-state index in [9.17, 15) is 9.50 Å². The van der Waals surface area contributed by atoms with Gasteiger partial charge in [0.25, 0.3) is 0 Å². The molecule has 154 valence electrons. The number of aromatic nitrogens is 4. The Bertz CT molecular complexity index is 1200. The van der Waals surface area contributed by atoms with Gasteiger partial charge in [0, 0.05) is 29.9 Å². The van der Waals surface area contributed by atoms with Gasteiger partial charge in [-0.1, -0.05) is 26.0 Å². The average molecular weight is 405 g/mol. The maximum Gasteiger partial charge on any atom is 0.161 e. The second-order valence-corrected chi connectivity index (χ2v) is 7.71. The molecule has 4 aromatic rings. The molecule has 0 aliphatic carbocycles. The van der Waals surface area contributed by atoms with E-state index in [-0.39, 0.29) is 5.92 Å². The van der Waals surface area contributed by atoms with Crippen molar-refractivity contribution in [2.75, 3.05) is 11.9 Å². The molecule has 7 heteroatoms. The lowest BCUT2D eigenvalue weighted by Gasteiger charge is -2.12. The summed E-state index contributed by atoms with van der Waals surface area (Å²) >= 11 is 0. The molecule has 30 heavy (non-hydrogen) atoms. The first-order valence-electron chi connectivity index (χ1n) is 9.94. The van der Waals surface area contributed by atoms with Crippen molar-refractivity contribution in [2.45, 2.75) is 33.1 Å². The van der Waals surface area contributed by atoms with Crippen LogP contribution < -0.4 is 5.32 Å². The van der Waals surface area contributed by atoms with Crippen molar-refractivity contribution in [1.82, 2.24) is 19.6 Å². The van der Waals surface area contributed by atoms with Gasteiger partial charge in [0.2, 0.25) is 0 Å². The minimum absolute atomic E-state index is 0.253. The van der Waals surface area contributed by atoms with E-state index in [1.807, 2.05) is 31.3 Å². The first-order chi connectivity index (χ1) is 14.4. The molecule has 4 rings (SSSR count). The fourth-order valence-corrected chi connectivity index (χ4v) is 3.42. The zero-order valence-corrected chi connectivity index (χ0v) is 17.2. The van der Waals surface area contributed by atoms with E-state index < -0.39 is 5.82 Å². The van der Waals surface area contributed by atoms with Gasteiger partial charge in [-0.2, -0.15) is 9.61 Å². The smallest absolute Gasteiger partial charge is 0.161 e. The summed E-state index contributed by atoms with van der Waals surface area (Å²) in [5.74, 6) is 0.933. The minimum Gasteiger partial charge on any atom is -0.508 e. The van der Waals surface area contributed by atoms with Crippen molar-refractivity contribution < 1.29 is 9.50 Å². The van der Waals surface area contributed by atoms with Gasteiger partial charge in [0.05, 0.1) is 18.1 Å². The first kappa shape index (κ1) is 19.8. The van der Waals surface area contributed by atoms with Gasteiger partial charge in [0.1, 0.15) is 17.4 Å². The number of pyridine rings is 1. The topological polar surface area (TPSA) is 75.3 Å². The molecule has 0 bridgehead atoms. The van der Waals surface area contributed by atoms with Gasteiger partial charge in [-0.25, -0.2) is 9.37 Å². The van der Waals surface area contributed by atoms with Crippen LogP contribution in [0, 0.1) is 12.7 Å². The molecular formula is C23H24FN5O. The number of nitrogens with one attached hydrogen (secondary N) is 1.